The van der Waals surface area contributed by atoms with E-state index in [1.807, 2.05) is 18.2 Å². The normalized spacial score (nSPS) is 12.2. The average Bonchev–Trinajstić information content (AvgIpc) is 2.39. The Balaban J connectivity index is 2.17. The van der Waals surface area contributed by atoms with Crippen molar-refractivity contribution in [3.63, 3.8) is 0 Å². The van der Waals surface area contributed by atoms with E-state index in [0.29, 0.717) is 12.0 Å². The van der Waals surface area contributed by atoms with Gasteiger partial charge in [0, 0.05) is 11.6 Å². The van der Waals surface area contributed by atoms with Gasteiger partial charge in [0.1, 0.15) is 11.6 Å². The van der Waals surface area contributed by atoms with Gasteiger partial charge in [-0.15, -0.1) is 0 Å². The molecule has 0 aromatic heterocycles. The Hall–Kier alpha value is -1.39. The Morgan fingerprint density at radius 1 is 1.26 bits per heavy atom. The van der Waals surface area contributed by atoms with Crippen molar-refractivity contribution in [2.75, 3.05) is 7.11 Å². The van der Waals surface area contributed by atoms with E-state index in [1.165, 1.54) is 6.07 Å². The van der Waals surface area contributed by atoms with Gasteiger partial charge in [0.05, 0.1) is 11.6 Å². The molecule has 0 aliphatic rings. The topological polar surface area (TPSA) is 35.2 Å². The molecule has 0 spiro atoms. The largest absolute Gasteiger partial charge is 0.496 e. The number of hydrogen-bond acceptors (Lipinski definition) is 2. The number of nitrogens with two attached hydrogens (primary N) is 1. The Morgan fingerprint density at radius 3 is 2.63 bits per heavy atom. The van der Waals surface area contributed by atoms with Crippen molar-refractivity contribution < 1.29 is 9.13 Å². The minimum atomic E-state index is -0.360. The van der Waals surface area contributed by atoms with Crippen molar-refractivity contribution in [1.82, 2.24) is 0 Å². The number of ether oxygens (including phenoxy) is 1. The highest BCUT2D eigenvalue weighted by molar-refractivity contribution is 9.10. The first-order valence-corrected chi connectivity index (χ1v) is 6.73. The Kier molecular flexibility index (Phi) is 4.56. The number of rotatable bonds is 4. The molecule has 0 saturated heterocycles. The first-order valence-electron chi connectivity index (χ1n) is 5.94. The molecule has 0 aliphatic carbocycles. The van der Waals surface area contributed by atoms with Gasteiger partial charge >= 0.3 is 0 Å². The van der Waals surface area contributed by atoms with E-state index in [-0.39, 0.29) is 11.9 Å². The van der Waals surface area contributed by atoms with Crippen molar-refractivity contribution >= 4 is 15.9 Å². The molecule has 2 aromatic carbocycles. The van der Waals surface area contributed by atoms with Gasteiger partial charge in [-0.3, -0.25) is 0 Å². The number of hydrogen-bond donors (Lipinski definition) is 1. The fraction of sp³-hybridized carbons (Fsp3) is 0.200. The summed E-state index contributed by atoms with van der Waals surface area (Å²) in [6, 6.07) is 12.0. The van der Waals surface area contributed by atoms with E-state index >= 15 is 0 Å². The number of halogens is 2. The van der Waals surface area contributed by atoms with Crippen LogP contribution in [-0.2, 0) is 6.42 Å². The highest BCUT2D eigenvalue weighted by atomic mass is 79.9. The van der Waals surface area contributed by atoms with E-state index in [0.717, 1.165) is 15.8 Å². The van der Waals surface area contributed by atoms with Gasteiger partial charge < -0.3 is 10.5 Å². The third kappa shape index (κ3) is 3.33. The summed E-state index contributed by atoms with van der Waals surface area (Å²) >= 11 is 3.43. The lowest BCUT2D eigenvalue weighted by Gasteiger charge is -2.14. The molecule has 2 aromatic rings. The van der Waals surface area contributed by atoms with E-state index in [1.54, 1.807) is 25.3 Å². The van der Waals surface area contributed by atoms with Crippen molar-refractivity contribution in [2.45, 2.75) is 12.5 Å². The van der Waals surface area contributed by atoms with E-state index in [2.05, 4.69) is 15.9 Å². The van der Waals surface area contributed by atoms with E-state index in [9.17, 15) is 4.39 Å². The van der Waals surface area contributed by atoms with Crippen LogP contribution in [0, 0.1) is 5.82 Å². The Labute approximate surface area is 120 Å². The number of methoxy groups -OCH3 is 1. The molecule has 0 saturated carbocycles. The quantitative estimate of drug-likeness (QED) is 0.927. The van der Waals surface area contributed by atoms with Crippen LogP contribution in [0.25, 0.3) is 0 Å². The maximum absolute atomic E-state index is 13.6. The summed E-state index contributed by atoms with van der Waals surface area (Å²) in [5.41, 5.74) is 7.63. The van der Waals surface area contributed by atoms with E-state index in [4.69, 9.17) is 10.5 Å². The van der Waals surface area contributed by atoms with Crippen LogP contribution >= 0.6 is 15.9 Å². The van der Waals surface area contributed by atoms with E-state index < -0.39 is 0 Å². The van der Waals surface area contributed by atoms with Crippen molar-refractivity contribution in [3.8, 4) is 5.75 Å². The van der Waals surface area contributed by atoms with Crippen LogP contribution in [0.4, 0.5) is 4.39 Å². The van der Waals surface area contributed by atoms with Crippen molar-refractivity contribution in [3.05, 3.63) is 63.9 Å². The van der Waals surface area contributed by atoms with Crippen LogP contribution in [0.1, 0.15) is 17.2 Å². The highest BCUT2D eigenvalue weighted by Crippen LogP contribution is 2.27. The summed E-state index contributed by atoms with van der Waals surface area (Å²) in [6.07, 6.45) is 0.573. The van der Waals surface area contributed by atoms with Gasteiger partial charge in [0.2, 0.25) is 0 Å². The van der Waals surface area contributed by atoms with Crippen molar-refractivity contribution in [1.29, 1.82) is 0 Å². The highest BCUT2D eigenvalue weighted by Gasteiger charge is 2.12. The molecule has 1 unspecified atom stereocenters. The summed E-state index contributed by atoms with van der Waals surface area (Å²) < 4.78 is 19.7. The van der Waals surface area contributed by atoms with Gasteiger partial charge in [-0.05, 0) is 46.1 Å². The summed E-state index contributed by atoms with van der Waals surface area (Å²) in [6.45, 7) is 0. The standard InChI is InChI=1S/C15H15BrFNO/c1-19-15-7-6-10(8-12(15)16)9-14(18)11-4-2-3-5-13(11)17/h2-8,14H,9,18H2,1H3. The lowest BCUT2D eigenvalue weighted by Crippen LogP contribution is -2.15. The summed E-state index contributed by atoms with van der Waals surface area (Å²) in [7, 11) is 1.62. The van der Waals surface area contributed by atoms with Crippen LogP contribution in [0.3, 0.4) is 0 Å². The van der Waals surface area contributed by atoms with Gasteiger partial charge in [-0.2, -0.15) is 0 Å². The fourth-order valence-corrected chi connectivity index (χ4v) is 2.56. The summed E-state index contributed by atoms with van der Waals surface area (Å²) in [4.78, 5) is 0. The minimum Gasteiger partial charge on any atom is -0.496 e. The van der Waals surface area contributed by atoms with Crippen LogP contribution in [0.5, 0.6) is 5.75 Å². The Morgan fingerprint density at radius 2 is 2.00 bits per heavy atom. The third-order valence-electron chi connectivity index (χ3n) is 2.98. The molecule has 0 fully saturated rings. The molecule has 0 aliphatic heterocycles. The predicted octanol–water partition coefficient (Wildman–Crippen LogP) is 3.84. The fourth-order valence-electron chi connectivity index (χ4n) is 1.98. The van der Waals surface area contributed by atoms with Crippen molar-refractivity contribution in [2.24, 2.45) is 5.73 Å². The second-order valence-corrected chi connectivity index (χ2v) is 5.16. The summed E-state index contributed by atoms with van der Waals surface area (Å²) in [5.74, 6) is 0.505. The number of benzene rings is 2. The van der Waals surface area contributed by atoms with Gasteiger partial charge in [0.15, 0.2) is 0 Å². The SMILES string of the molecule is COc1ccc(CC(N)c2ccccc2F)cc1Br. The molecule has 4 heteroatoms. The molecular weight excluding hydrogens is 309 g/mol. The second kappa shape index (κ2) is 6.17. The predicted molar refractivity (Wildman–Crippen MR) is 77.7 cm³/mol. The van der Waals surface area contributed by atoms with Crippen LogP contribution in [0.2, 0.25) is 0 Å². The Bertz CT molecular complexity index is 574. The zero-order chi connectivity index (χ0) is 13.8. The first kappa shape index (κ1) is 14.0. The lowest BCUT2D eigenvalue weighted by atomic mass is 9.99. The maximum atomic E-state index is 13.6. The van der Waals surface area contributed by atoms with Gasteiger partial charge in [-0.1, -0.05) is 24.3 Å². The molecule has 0 heterocycles. The van der Waals surface area contributed by atoms with Crippen LogP contribution in [-0.4, -0.2) is 7.11 Å². The van der Waals surface area contributed by atoms with Crippen LogP contribution in [0.15, 0.2) is 46.9 Å². The lowest BCUT2D eigenvalue weighted by molar-refractivity contribution is 0.412. The van der Waals surface area contributed by atoms with Gasteiger partial charge in [-0.25, -0.2) is 4.39 Å². The molecule has 2 N–H and O–H groups in total. The minimum absolute atomic E-state index is 0.262. The molecule has 19 heavy (non-hydrogen) atoms. The van der Waals surface area contributed by atoms with Crippen LogP contribution < -0.4 is 10.5 Å². The smallest absolute Gasteiger partial charge is 0.133 e. The van der Waals surface area contributed by atoms with Gasteiger partial charge in [0.25, 0.3) is 0 Å². The zero-order valence-corrected chi connectivity index (χ0v) is 12.2. The maximum Gasteiger partial charge on any atom is 0.133 e. The second-order valence-electron chi connectivity index (χ2n) is 4.30. The molecular formula is C15H15BrFNO. The molecule has 2 nitrogen and oxygen atoms in total. The zero-order valence-electron chi connectivity index (χ0n) is 10.6. The molecule has 2 rings (SSSR count). The molecule has 0 amide bonds. The average molecular weight is 324 g/mol. The molecule has 0 radical (unpaired) electrons. The molecule has 0 bridgehead atoms. The molecule has 100 valence electrons. The third-order valence-corrected chi connectivity index (χ3v) is 3.60. The monoisotopic (exact) mass is 323 g/mol. The first-order chi connectivity index (χ1) is 9.11. The summed E-state index contributed by atoms with van der Waals surface area (Å²) in [5, 5.41) is 0. The molecule has 1 atom stereocenters.